The molecular weight excluding hydrogens is 372 g/mol. The molecule has 0 amide bonds. The van der Waals surface area contributed by atoms with Crippen molar-refractivity contribution >= 4 is 17.3 Å². The van der Waals surface area contributed by atoms with Gasteiger partial charge in [0, 0.05) is 24.5 Å². The van der Waals surface area contributed by atoms with Crippen LogP contribution >= 0.6 is 0 Å². The average Bonchev–Trinajstić information content (AvgIpc) is 3.38. The third kappa shape index (κ3) is 3.65. The topological polar surface area (TPSA) is 71.1 Å². The number of benzene rings is 1. The van der Waals surface area contributed by atoms with Gasteiger partial charge in [-0.1, -0.05) is 30.3 Å². The summed E-state index contributed by atoms with van der Waals surface area (Å²) in [6.07, 6.45) is 1.74. The molecule has 2 fully saturated rings. The van der Waals surface area contributed by atoms with Gasteiger partial charge in [0.1, 0.15) is 6.79 Å². The van der Waals surface area contributed by atoms with E-state index in [2.05, 4.69) is 0 Å². The van der Waals surface area contributed by atoms with Crippen molar-refractivity contribution in [1.82, 2.24) is 0 Å². The number of Topliss-reactive ketones (excluding diaryl/α,β-unsaturated/α-hetero) is 1. The van der Waals surface area contributed by atoms with Crippen LogP contribution in [0.5, 0.6) is 0 Å². The van der Waals surface area contributed by atoms with Crippen molar-refractivity contribution in [2.45, 2.75) is 25.9 Å². The minimum atomic E-state index is -0.366. The maximum atomic E-state index is 13.4. The van der Waals surface area contributed by atoms with E-state index in [1.54, 1.807) is 14.0 Å². The molecule has 29 heavy (non-hydrogen) atoms. The van der Waals surface area contributed by atoms with Gasteiger partial charge in [0.25, 0.3) is 0 Å². The zero-order valence-corrected chi connectivity index (χ0v) is 17.0. The van der Waals surface area contributed by atoms with Crippen LogP contribution in [0.15, 0.2) is 35.9 Å². The fourth-order valence-electron chi connectivity index (χ4n) is 5.42. The predicted molar refractivity (Wildman–Crippen MR) is 106 cm³/mol. The predicted octanol–water partition coefficient (Wildman–Crippen LogP) is 2.86. The number of hydrogen-bond acceptors (Lipinski definition) is 6. The molecule has 1 aromatic rings. The van der Waals surface area contributed by atoms with Crippen molar-refractivity contribution in [3.8, 4) is 0 Å². The van der Waals surface area contributed by atoms with Crippen molar-refractivity contribution in [1.29, 1.82) is 0 Å². The molecule has 2 saturated carbocycles. The van der Waals surface area contributed by atoms with E-state index in [0.717, 1.165) is 18.4 Å². The number of carbonyl (C=O) groups is 2. The van der Waals surface area contributed by atoms with Gasteiger partial charge in [-0.15, -0.1) is 0 Å². The lowest BCUT2D eigenvalue weighted by atomic mass is 9.77. The highest BCUT2D eigenvalue weighted by molar-refractivity contribution is 6.30. The Labute approximate surface area is 171 Å². The molecule has 5 atom stereocenters. The zero-order valence-electron chi connectivity index (χ0n) is 17.0. The number of esters is 1. The summed E-state index contributed by atoms with van der Waals surface area (Å²) < 4.78 is 21.8. The number of rotatable bonds is 9. The maximum absolute atomic E-state index is 13.4. The number of ketones is 1. The Hall–Kier alpha value is -2.02. The van der Waals surface area contributed by atoms with Gasteiger partial charge < -0.3 is 18.9 Å². The van der Waals surface area contributed by atoms with Crippen LogP contribution in [0.1, 0.15) is 25.3 Å². The second-order valence-electron chi connectivity index (χ2n) is 7.91. The number of fused-ring (bicyclic) bond motifs is 5. The second kappa shape index (κ2) is 8.78. The van der Waals surface area contributed by atoms with Crippen LogP contribution in [0.3, 0.4) is 0 Å². The quantitative estimate of drug-likeness (QED) is 0.361. The van der Waals surface area contributed by atoms with E-state index in [-0.39, 0.29) is 54.9 Å². The molecule has 0 radical (unpaired) electrons. The van der Waals surface area contributed by atoms with Crippen molar-refractivity contribution in [2.75, 3.05) is 33.7 Å². The van der Waals surface area contributed by atoms with Gasteiger partial charge in [-0.2, -0.15) is 0 Å². The van der Waals surface area contributed by atoms with E-state index in [0.29, 0.717) is 24.4 Å². The van der Waals surface area contributed by atoms with Crippen LogP contribution in [-0.2, 0) is 28.5 Å². The van der Waals surface area contributed by atoms with Gasteiger partial charge in [0.2, 0.25) is 0 Å². The van der Waals surface area contributed by atoms with E-state index >= 15 is 0 Å². The van der Waals surface area contributed by atoms with E-state index in [1.165, 1.54) is 0 Å². The molecule has 3 aliphatic rings. The molecule has 6 nitrogen and oxygen atoms in total. The van der Waals surface area contributed by atoms with Crippen LogP contribution in [-0.4, -0.2) is 51.6 Å². The molecule has 156 valence electrons. The van der Waals surface area contributed by atoms with Crippen molar-refractivity contribution in [2.24, 2.45) is 23.7 Å². The molecule has 3 aliphatic carbocycles. The molecule has 1 aromatic carbocycles. The summed E-state index contributed by atoms with van der Waals surface area (Å²) in [6, 6.07) is 9.49. The molecule has 0 spiro atoms. The van der Waals surface area contributed by atoms with Crippen LogP contribution in [0, 0.1) is 23.7 Å². The Morgan fingerprint density at radius 2 is 1.90 bits per heavy atom. The van der Waals surface area contributed by atoms with E-state index in [4.69, 9.17) is 18.9 Å². The first-order valence-corrected chi connectivity index (χ1v) is 10.4. The Balaban J connectivity index is 1.59. The zero-order chi connectivity index (χ0) is 20.4. The fraction of sp³-hybridized carbons (Fsp3) is 0.565. The molecule has 0 aromatic heterocycles. The number of hydrogen-bond donors (Lipinski definition) is 0. The first-order valence-electron chi connectivity index (χ1n) is 10.4. The van der Waals surface area contributed by atoms with Gasteiger partial charge >= 0.3 is 5.97 Å². The lowest BCUT2D eigenvalue weighted by Gasteiger charge is -2.31. The molecule has 0 N–H and O–H groups in total. The Bertz CT molecular complexity index is 786. The number of methoxy groups -OCH3 is 1. The smallest absolute Gasteiger partial charge is 0.335 e. The Morgan fingerprint density at radius 1 is 1.10 bits per heavy atom. The molecular formula is C23H28O6. The highest BCUT2D eigenvalue weighted by atomic mass is 16.7. The van der Waals surface area contributed by atoms with Gasteiger partial charge in [-0.3, -0.25) is 4.79 Å². The summed E-state index contributed by atoms with van der Waals surface area (Å²) in [5, 5.41) is 0. The molecule has 4 rings (SSSR count). The SMILES string of the molecule is CCOC(=O)C1=C(c2ccccc2)C(=O)[C@H]2[C@H]3C[C@@H]([C@@H]12)[C@H](OCOCCOC)C3. The molecule has 0 heterocycles. The minimum Gasteiger partial charge on any atom is -0.463 e. The third-order valence-electron chi connectivity index (χ3n) is 6.45. The summed E-state index contributed by atoms with van der Waals surface area (Å²) >= 11 is 0. The van der Waals surface area contributed by atoms with Crippen LogP contribution < -0.4 is 0 Å². The van der Waals surface area contributed by atoms with E-state index < -0.39 is 0 Å². The van der Waals surface area contributed by atoms with Crippen molar-refractivity contribution in [3.05, 3.63) is 41.5 Å². The summed E-state index contributed by atoms with van der Waals surface area (Å²) in [5.41, 5.74) is 1.90. The van der Waals surface area contributed by atoms with Crippen LogP contribution in [0.25, 0.3) is 5.57 Å². The molecule has 0 aliphatic heterocycles. The maximum Gasteiger partial charge on any atom is 0.335 e. The lowest BCUT2D eigenvalue weighted by Crippen LogP contribution is -2.35. The van der Waals surface area contributed by atoms with Crippen molar-refractivity contribution in [3.63, 3.8) is 0 Å². The molecule has 0 unspecified atom stereocenters. The first-order chi connectivity index (χ1) is 14.2. The monoisotopic (exact) mass is 400 g/mol. The standard InChI is InChI=1S/C23H28O6/c1-3-28-23(25)21-18(14-7-5-4-6-8-14)22(24)19-15-11-16(20(19)21)17(12-15)29-13-27-10-9-26-2/h4-8,15-17,19-20H,3,9-13H2,1-2H3/t15-,16+,17+,19-,20+/m0/s1. The minimum absolute atomic E-state index is 0.00357. The van der Waals surface area contributed by atoms with Crippen LogP contribution in [0.2, 0.25) is 0 Å². The Kier molecular flexibility index (Phi) is 6.13. The summed E-state index contributed by atoms with van der Waals surface area (Å²) in [5.74, 6) is -0.155. The Morgan fingerprint density at radius 3 is 2.62 bits per heavy atom. The largest absolute Gasteiger partial charge is 0.463 e. The van der Waals surface area contributed by atoms with Gasteiger partial charge in [-0.25, -0.2) is 4.79 Å². The number of ether oxygens (including phenoxy) is 4. The summed E-state index contributed by atoms with van der Waals surface area (Å²) in [4.78, 5) is 26.3. The van der Waals surface area contributed by atoms with E-state index in [1.807, 2.05) is 30.3 Å². The highest BCUT2D eigenvalue weighted by Crippen LogP contribution is 2.61. The normalized spacial score (nSPS) is 30.1. The van der Waals surface area contributed by atoms with Gasteiger partial charge in [0.05, 0.1) is 31.5 Å². The summed E-state index contributed by atoms with van der Waals surface area (Å²) in [7, 11) is 1.63. The lowest BCUT2D eigenvalue weighted by molar-refractivity contribution is -0.140. The molecule has 6 heteroatoms. The number of carbonyl (C=O) groups excluding carboxylic acids is 2. The first kappa shape index (κ1) is 20.3. The summed E-state index contributed by atoms with van der Waals surface area (Å²) in [6.45, 7) is 3.28. The second-order valence-corrected chi connectivity index (χ2v) is 7.91. The van der Waals surface area contributed by atoms with Crippen molar-refractivity contribution < 1.29 is 28.5 Å². The van der Waals surface area contributed by atoms with Gasteiger partial charge in [0.15, 0.2) is 5.78 Å². The third-order valence-corrected chi connectivity index (χ3v) is 6.45. The fourth-order valence-corrected chi connectivity index (χ4v) is 5.42. The highest BCUT2D eigenvalue weighted by Gasteiger charge is 2.62. The van der Waals surface area contributed by atoms with Crippen LogP contribution in [0.4, 0.5) is 0 Å². The van der Waals surface area contributed by atoms with Gasteiger partial charge in [-0.05, 0) is 37.2 Å². The average molecular weight is 400 g/mol. The molecule has 0 saturated heterocycles. The number of allylic oxidation sites excluding steroid dienone is 1. The van der Waals surface area contributed by atoms with E-state index in [9.17, 15) is 9.59 Å². The molecule has 2 bridgehead atoms.